The number of nitrogens with zero attached hydrogens (tertiary/aromatic N) is 1. The number of methoxy groups -OCH3 is 1. The van der Waals surface area contributed by atoms with Gasteiger partial charge in [0.1, 0.15) is 6.04 Å². The minimum Gasteiger partial charge on any atom is -0.467 e. The van der Waals surface area contributed by atoms with Gasteiger partial charge in [-0.15, -0.1) is 0 Å². The number of hydrogen-bond acceptors (Lipinski definition) is 4. The third-order valence-electron chi connectivity index (χ3n) is 2.89. The van der Waals surface area contributed by atoms with Crippen LogP contribution in [0.4, 0.5) is 11.4 Å². The number of hydrogen-bond donors (Lipinski definition) is 1. The molecule has 2 rings (SSSR count). The van der Waals surface area contributed by atoms with Gasteiger partial charge in [0, 0.05) is 13.1 Å². The Kier molecular flexibility index (Phi) is 2.99. The van der Waals surface area contributed by atoms with Gasteiger partial charge in [0.2, 0.25) is 0 Å². The van der Waals surface area contributed by atoms with Crippen LogP contribution >= 0.6 is 0 Å². The van der Waals surface area contributed by atoms with Gasteiger partial charge in [-0.1, -0.05) is 12.1 Å². The molecule has 1 atom stereocenters. The molecule has 0 spiro atoms. The number of nitrogens with one attached hydrogen (secondary N) is 1. The summed E-state index contributed by atoms with van der Waals surface area (Å²) in [5.41, 5.74) is 2.14. The SMILES string of the molecule is COC(=O)C(C)N1CCNc2ccccc21. The lowest BCUT2D eigenvalue weighted by Gasteiger charge is -2.35. The summed E-state index contributed by atoms with van der Waals surface area (Å²) >= 11 is 0. The van der Waals surface area contributed by atoms with E-state index in [0.717, 1.165) is 24.5 Å². The lowest BCUT2D eigenvalue weighted by Crippen LogP contribution is -2.44. The smallest absolute Gasteiger partial charge is 0.328 e. The molecule has 0 radical (unpaired) electrons. The second-order valence-electron chi connectivity index (χ2n) is 3.84. The van der Waals surface area contributed by atoms with Crippen LogP contribution in [0.2, 0.25) is 0 Å². The normalized spacial score (nSPS) is 16.0. The van der Waals surface area contributed by atoms with Crippen LogP contribution in [0.5, 0.6) is 0 Å². The third-order valence-corrected chi connectivity index (χ3v) is 2.89. The molecule has 0 bridgehead atoms. The zero-order valence-corrected chi connectivity index (χ0v) is 9.56. The number of carbonyl (C=O) groups excluding carboxylic acids is 1. The summed E-state index contributed by atoms with van der Waals surface area (Å²) in [6.07, 6.45) is 0. The van der Waals surface area contributed by atoms with Crippen molar-refractivity contribution in [2.75, 3.05) is 30.4 Å². The highest BCUT2D eigenvalue weighted by Crippen LogP contribution is 2.29. The van der Waals surface area contributed by atoms with Crippen molar-refractivity contribution in [2.45, 2.75) is 13.0 Å². The average Bonchev–Trinajstić information content (AvgIpc) is 2.36. The van der Waals surface area contributed by atoms with E-state index in [1.807, 2.05) is 31.2 Å². The van der Waals surface area contributed by atoms with Crippen LogP contribution < -0.4 is 10.2 Å². The molecule has 0 aromatic heterocycles. The fourth-order valence-corrected chi connectivity index (χ4v) is 2.01. The molecule has 16 heavy (non-hydrogen) atoms. The maximum absolute atomic E-state index is 11.5. The predicted molar refractivity (Wildman–Crippen MR) is 63.8 cm³/mol. The molecule has 1 unspecified atom stereocenters. The zero-order chi connectivity index (χ0) is 11.5. The van der Waals surface area contributed by atoms with Gasteiger partial charge in [0.15, 0.2) is 0 Å². The van der Waals surface area contributed by atoms with Gasteiger partial charge in [-0.3, -0.25) is 0 Å². The molecule has 0 amide bonds. The van der Waals surface area contributed by atoms with Crippen LogP contribution in [0.3, 0.4) is 0 Å². The number of fused-ring (bicyclic) bond motifs is 1. The van der Waals surface area contributed by atoms with E-state index in [1.54, 1.807) is 0 Å². The molecule has 1 aliphatic heterocycles. The monoisotopic (exact) mass is 220 g/mol. The summed E-state index contributed by atoms with van der Waals surface area (Å²) in [4.78, 5) is 13.6. The quantitative estimate of drug-likeness (QED) is 0.766. The highest BCUT2D eigenvalue weighted by Gasteiger charge is 2.25. The minimum atomic E-state index is -0.242. The van der Waals surface area contributed by atoms with Crippen molar-refractivity contribution in [3.05, 3.63) is 24.3 Å². The Labute approximate surface area is 95.2 Å². The van der Waals surface area contributed by atoms with E-state index in [4.69, 9.17) is 4.74 Å². The van der Waals surface area contributed by atoms with Crippen molar-refractivity contribution in [2.24, 2.45) is 0 Å². The standard InChI is InChI=1S/C12H16N2O2/c1-9(12(15)16-2)14-8-7-13-10-5-3-4-6-11(10)14/h3-6,9,13H,7-8H2,1-2H3. The van der Waals surface area contributed by atoms with Gasteiger partial charge in [-0.05, 0) is 19.1 Å². The molecule has 86 valence electrons. The van der Waals surface area contributed by atoms with Crippen LogP contribution in [0, 0.1) is 0 Å². The number of ether oxygens (including phenoxy) is 1. The Morgan fingerprint density at radius 1 is 1.50 bits per heavy atom. The van der Waals surface area contributed by atoms with Crippen molar-refractivity contribution in [3.8, 4) is 0 Å². The van der Waals surface area contributed by atoms with Crippen LogP contribution in [0.1, 0.15) is 6.92 Å². The van der Waals surface area contributed by atoms with Crippen LogP contribution in [0.15, 0.2) is 24.3 Å². The Hall–Kier alpha value is -1.71. The lowest BCUT2D eigenvalue weighted by atomic mass is 10.1. The van der Waals surface area contributed by atoms with Crippen LogP contribution in [0.25, 0.3) is 0 Å². The summed E-state index contributed by atoms with van der Waals surface area (Å²) in [5.74, 6) is -0.197. The maximum atomic E-state index is 11.5. The Bertz CT molecular complexity index is 392. The van der Waals surface area contributed by atoms with Gasteiger partial charge in [-0.25, -0.2) is 4.79 Å². The minimum absolute atomic E-state index is 0.197. The molecule has 1 N–H and O–H groups in total. The topological polar surface area (TPSA) is 41.6 Å². The molecule has 4 heteroatoms. The Balaban J connectivity index is 2.28. The van der Waals surface area contributed by atoms with Crippen molar-refractivity contribution < 1.29 is 9.53 Å². The first-order valence-corrected chi connectivity index (χ1v) is 5.41. The summed E-state index contributed by atoms with van der Waals surface area (Å²) in [7, 11) is 1.42. The predicted octanol–water partition coefficient (Wildman–Crippen LogP) is 1.48. The van der Waals surface area contributed by atoms with E-state index in [-0.39, 0.29) is 12.0 Å². The van der Waals surface area contributed by atoms with E-state index in [1.165, 1.54) is 7.11 Å². The average molecular weight is 220 g/mol. The molecular weight excluding hydrogens is 204 g/mol. The first-order valence-electron chi connectivity index (χ1n) is 5.41. The third kappa shape index (κ3) is 1.83. The summed E-state index contributed by atoms with van der Waals surface area (Å²) in [5, 5.41) is 3.31. The molecule has 4 nitrogen and oxygen atoms in total. The number of benzene rings is 1. The summed E-state index contributed by atoms with van der Waals surface area (Å²) in [6.45, 7) is 3.53. The van der Waals surface area contributed by atoms with Crippen molar-refractivity contribution >= 4 is 17.3 Å². The number of carbonyl (C=O) groups is 1. The fourth-order valence-electron chi connectivity index (χ4n) is 2.01. The fraction of sp³-hybridized carbons (Fsp3) is 0.417. The van der Waals surface area contributed by atoms with Gasteiger partial charge in [0.05, 0.1) is 18.5 Å². The van der Waals surface area contributed by atoms with E-state index in [2.05, 4.69) is 10.2 Å². The second kappa shape index (κ2) is 4.43. The summed E-state index contributed by atoms with van der Waals surface area (Å²) in [6, 6.07) is 7.75. The van der Waals surface area contributed by atoms with Gasteiger partial charge >= 0.3 is 5.97 Å². The van der Waals surface area contributed by atoms with Crippen molar-refractivity contribution in [1.29, 1.82) is 0 Å². The number of para-hydroxylation sites is 2. The Morgan fingerprint density at radius 2 is 2.25 bits per heavy atom. The molecule has 0 saturated heterocycles. The molecular formula is C12H16N2O2. The second-order valence-corrected chi connectivity index (χ2v) is 3.84. The van der Waals surface area contributed by atoms with Crippen LogP contribution in [-0.2, 0) is 9.53 Å². The highest BCUT2D eigenvalue weighted by molar-refractivity contribution is 5.83. The first kappa shape index (κ1) is 10.8. The van der Waals surface area contributed by atoms with E-state index >= 15 is 0 Å². The molecule has 0 saturated carbocycles. The van der Waals surface area contributed by atoms with E-state index < -0.39 is 0 Å². The zero-order valence-electron chi connectivity index (χ0n) is 9.56. The van der Waals surface area contributed by atoms with Crippen molar-refractivity contribution in [1.82, 2.24) is 0 Å². The van der Waals surface area contributed by atoms with Crippen LogP contribution in [-0.4, -0.2) is 32.2 Å². The largest absolute Gasteiger partial charge is 0.467 e. The highest BCUT2D eigenvalue weighted by atomic mass is 16.5. The van der Waals surface area contributed by atoms with Gasteiger partial charge in [0.25, 0.3) is 0 Å². The molecule has 1 aliphatic rings. The Morgan fingerprint density at radius 3 is 3.00 bits per heavy atom. The molecule has 1 aromatic carbocycles. The first-order chi connectivity index (χ1) is 7.74. The van der Waals surface area contributed by atoms with E-state index in [0.29, 0.717) is 0 Å². The molecule has 1 aromatic rings. The van der Waals surface area contributed by atoms with E-state index in [9.17, 15) is 4.79 Å². The summed E-state index contributed by atoms with van der Waals surface area (Å²) < 4.78 is 4.78. The van der Waals surface area contributed by atoms with Crippen molar-refractivity contribution in [3.63, 3.8) is 0 Å². The molecule has 0 fully saturated rings. The number of esters is 1. The van der Waals surface area contributed by atoms with Gasteiger partial charge < -0.3 is 15.0 Å². The lowest BCUT2D eigenvalue weighted by molar-refractivity contribution is -0.141. The number of anilines is 2. The number of rotatable bonds is 2. The maximum Gasteiger partial charge on any atom is 0.328 e. The van der Waals surface area contributed by atoms with Gasteiger partial charge in [-0.2, -0.15) is 0 Å². The molecule has 1 heterocycles. The molecule has 0 aliphatic carbocycles.